The molecule has 0 unspecified atom stereocenters. The van der Waals surface area contributed by atoms with Gasteiger partial charge in [-0.2, -0.15) is 0 Å². The SMILES string of the molecule is CC1(Cn2c(C3CCCC3)nc3c2CCNC3)CCC1. The van der Waals surface area contributed by atoms with Crippen molar-refractivity contribution in [1.82, 2.24) is 14.9 Å². The van der Waals surface area contributed by atoms with Crippen LogP contribution < -0.4 is 5.32 Å². The van der Waals surface area contributed by atoms with Crippen LogP contribution in [-0.2, 0) is 19.5 Å². The summed E-state index contributed by atoms with van der Waals surface area (Å²) in [4.78, 5) is 5.08. The Morgan fingerprint density at radius 1 is 1.25 bits per heavy atom. The van der Waals surface area contributed by atoms with Crippen molar-refractivity contribution in [2.75, 3.05) is 6.54 Å². The molecule has 1 aromatic heterocycles. The highest BCUT2D eigenvalue weighted by atomic mass is 15.1. The third-order valence-corrected chi connectivity index (χ3v) is 5.84. The molecule has 3 aliphatic rings. The standard InChI is InChI=1S/C17H27N3/c1-17(8-4-9-17)12-20-15-7-10-18-11-14(15)19-16(20)13-5-2-3-6-13/h13,18H,2-12H2,1H3. The fraction of sp³-hybridized carbons (Fsp3) is 0.824. The highest BCUT2D eigenvalue weighted by Crippen LogP contribution is 2.44. The van der Waals surface area contributed by atoms with Crippen LogP contribution in [0.5, 0.6) is 0 Å². The summed E-state index contributed by atoms with van der Waals surface area (Å²) >= 11 is 0. The van der Waals surface area contributed by atoms with Crippen molar-refractivity contribution in [3.8, 4) is 0 Å². The van der Waals surface area contributed by atoms with Crippen LogP contribution in [0.3, 0.4) is 0 Å². The number of nitrogens with one attached hydrogen (secondary N) is 1. The molecule has 0 bridgehead atoms. The Hall–Kier alpha value is -0.830. The molecule has 3 heteroatoms. The molecular formula is C17H27N3. The minimum absolute atomic E-state index is 0.548. The first kappa shape index (κ1) is 12.9. The molecule has 0 saturated heterocycles. The topological polar surface area (TPSA) is 29.9 Å². The van der Waals surface area contributed by atoms with Crippen LogP contribution >= 0.6 is 0 Å². The molecule has 0 aromatic carbocycles. The number of rotatable bonds is 3. The second-order valence-corrected chi connectivity index (χ2v) is 7.52. The molecule has 1 N–H and O–H groups in total. The quantitative estimate of drug-likeness (QED) is 0.915. The molecular weight excluding hydrogens is 246 g/mol. The minimum Gasteiger partial charge on any atom is -0.331 e. The Labute approximate surface area is 122 Å². The summed E-state index contributed by atoms with van der Waals surface area (Å²) in [6, 6.07) is 0. The van der Waals surface area contributed by atoms with E-state index < -0.39 is 0 Å². The lowest BCUT2D eigenvalue weighted by Crippen LogP contribution is -2.33. The Morgan fingerprint density at radius 3 is 2.75 bits per heavy atom. The van der Waals surface area contributed by atoms with E-state index in [4.69, 9.17) is 4.98 Å². The second kappa shape index (κ2) is 4.87. The van der Waals surface area contributed by atoms with Crippen LogP contribution in [0.25, 0.3) is 0 Å². The van der Waals surface area contributed by atoms with Crippen molar-refractivity contribution in [2.24, 2.45) is 5.41 Å². The van der Waals surface area contributed by atoms with Gasteiger partial charge in [-0.1, -0.05) is 26.2 Å². The van der Waals surface area contributed by atoms with E-state index in [1.54, 1.807) is 5.69 Å². The van der Waals surface area contributed by atoms with Crippen LogP contribution in [0.4, 0.5) is 0 Å². The smallest absolute Gasteiger partial charge is 0.112 e. The first-order chi connectivity index (χ1) is 9.75. The lowest BCUT2D eigenvalue weighted by atomic mass is 9.70. The third kappa shape index (κ3) is 2.11. The van der Waals surface area contributed by atoms with E-state index in [1.807, 2.05) is 0 Å². The third-order valence-electron chi connectivity index (χ3n) is 5.84. The number of fused-ring (bicyclic) bond motifs is 1. The molecule has 2 aliphatic carbocycles. The summed E-state index contributed by atoms with van der Waals surface area (Å²) in [5.41, 5.74) is 3.45. The zero-order chi connectivity index (χ0) is 13.6. The fourth-order valence-corrected chi connectivity index (χ4v) is 4.38. The molecule has 4 rings (SSSR count). The van der Waals surface area contributed by atoms with Gasteiger partial charge >= 0.3 is 0 Å². The first-order valence-corrected chi connectivity index (χ1v) is 8.54. The van der Waals surface area contributed by atoms with Gasteiger partial charge in [-0.25, -0.2) is 4.98 Å². The number of aromatic nitrogens is 2. The van der Waals surface area contributed by atoms with Gasteiger partial charge in [-0.05, 0) is 31.1 Å². The molecule has 110 valence electrons. The predicted molar refractivity (Wildman–Crippen MR) is 80.8 cm³/mol. The van der Waals surface area contributed by atoms with Crippen molar-refractivity contribution in [2.45, 2.75) is 77.3 Å². The summed E-state index contributed by atoms with van der Waals surface area (Å²) in [7, 11) is 0. The van der Waals surface area contributed by atoms with Gasteiger partial charge < -0.3 is 9.88 Å². The van der Waals surface area contributed by atoms with Gasteiger partial charge in [0.2, 0.25) is 0 Å². The molecule has 2 saturated carbocycles. The second-order valence-electron chi connectivity index (χ2n) is 7.52. The minimum atomic E-state index is 0.548. The first-order valence-electron chi connectivity index (χ1n) is 8.54. The summed E-state index contributed by atoms with van der Waals surface area (Å²) in [5.74, 6) is 2.17. The average Bonchev–Trinajstić information content (AvgIpc) is 3.05. The van der Waals surface area contributed by atoms with E-state index in [0.717, 1.165) is 19.0 Å². The largest absolute Gasteiger partial charge is 0.331 e. The molecule has 0 radical (unpaired) electrons. The van der Waals surface area contributed by atoms with Crippen molar-refractivity contribution >= 4 is 0 Å². The zero-order valence-corrected chi connectivity index (χ0v) is 12.7. The van der Waals surface area contributed by atoms with Gasteiger partial charge in [0.05, 0.1) is 5.69 Å². The molecule has 20 heavy (non-hydrogen) atoms. The molecule has 2 heterocycles. The van der Waals surface area contributed by atoms with Crippen LogP contribution in [0.1, 0.15) is 75.0 Å². The van der Waals surface area contributed by atoms with E-state index in [2.05, 4.69) is 16.8 Å². The van der Waals surface area contributed by atoms with Crippen molar-refractivity contribution in [3.63, 3.8) is 0 Å². The Kier molecular flexibility index (Phi) is 3.13. The number of hydrogen-bond acceptors (Lipinski definition) is 2. The summed E-state index contributed by atoms with van der Waals surface area (Å²) in [6.45, 7) is 5.81. The van der Waals surface area contributed by atoms with Gasteiger partial charge in [0.15, 0.2) is 0 Å². The summed E-state index contributed by atoms with van der Waals surface area (Å²) in [6.07, 6.45) is 10.9. The van der Waals surface area contributed by atoms with E-state index in [-0.39, 0.29) is 0 Å². The molecule has 2 fully saturated rings. The van der Waals surface area contributed by atoms with Crippen molar-refractivity contribution < 1.29 is 0 Å². The normalized spacial score (nSPS) is 25.4. The van der Waals surface area contributed by atoms with Gasteiger partial charge in [-0.15, -0.1) is 0 Å². The van der Waals surface area contributed by atoms with Crippen molar-refractivity contribution in [1.29, 1.82) is 0 Å². The highest BCUT2D eigenvalue weighted by molar-refractivity contribution is 5.23. The molecule has 3 nitrogen and oxygen atoms in total. The molecule has 0 atom stereocenters. The number of nitrogens with zero attached hydrogens (tertiary/aromatic N) is 2. The van der Waals surface area contributed by atoms with E-state index in [0.29, 0.717) is 5.41 Å². The van der Waals surface area contributed by atoms with Crippen LogP contribution in [-0.4, -0.2) is 16.1 Å². The van der Waals surface area contributed by atoms with E-state index in [1.165, 1.54) is 69.4 Å². The lowest BCUT2D eigenvalue weighted by molar-refractivity contribution is 0.128. The molecule has 1 aliphatic heterocycles. The number of imidazole rings is 1. The highest BCUT2D eigenvalue weighted by Gasteiger charge is 2.35. The van der Waals surface area contributed by atoms with Crippen LogP contribution in [0, 0.1) is 5.41 Å². The molecule has 0 spiro atoms. The van der Waals surface area contributed by atoms with E-state index in [9.17, 15) is 0 Å². The predicted octanol–water partition coefficient (Wildman–Crippen LogP) is 3.38. The van der Waals surface area contributed by atoms with Crippen LogP contribution in [0.2, 0.25) is 0 Å². The van der Waals surface area contributed by atoms with Gasteiger partial charge in [0.25, 0.3) is 0 Å². The monoisotopic (exact) mass is 273 g/mol. The molecule has 1 aromatic rings. The zero-order valence-electron chi connectivity index (χ0n) is 12.7. The Bertz CT molecular complexity index is 493. The van der Waals surface area contributed by atoms with Gasteiger partial charge in [0, 0.05) is 37.7 Å². The average molecular weight is 273 g/mol. The fourth-order valence-electron chi connectivity index (χ4n) is 4.38. The Balaban J connectivity index is 1.70. The van der Waals surface area contributed by atoms with Gasteiger partial charge in [-0.3, -0.25) is 0 Å². The maximum Gasteiger partial charge on any atom is 0.112 e. The Morgan fingerprint density at radius 2 is 2.05 bits per heavy atom. The van der Waals surface area contributed by atoms with E-state index >= 15 is 0 Å². The van der Waals surface area contributed by atoms with Crippen molar-refractivity contribution in [3.05, 3.63) is 17.2 Å². The lowest BCUT2D eigenvalue weighted by Gasteiger charge is -2.40. The maximum absolute atomic E-state index is 5.08. The van der Waals surface area contributed by atoms with Crippen LogP contribution in [0.15, 0.2) is 0 Å². The molecule has 0 amide bonds. The maximum atomic E-state index is 5.08. The summed E-state index contributed by atoms with van der Waals surface area (Å²) in [5, 5.41) is 3.49. The summed E-state index contributed by atoms with van der Waals surface area (Å²) < 4.78 is 2.66. The number of hydrogen-bond donors (Lipinski definition) is 1. The van der Waals surface area contributed by atoms with Gasteiger partial charge in [0.1, 0.15) is 5.82 Å².